The second kappa shape index (κ2) is 10.9. The number of nitrogens with zero attached hydrogens (tertiary/aromatic N) is 2. The molecule has 1 heterocycles. The average molecular weight is 397 g/mol. The lowest BCUT2D eigenvalue weighted by Crippen LogP contribution is -2.35. The van der Waals surface area contributed by atoms with E-state index in [0.29, 0.717) is 23.7 Å². The number of ether oxygens (including phenoxy) is 2. The number of carbonyl (C=O) groups is 1. The van der Waals surface area contributed by atoms with Gasteiger partial charge in [-0.15, -0.1) is 0 Å². The van der Waals surface area contributed by atoms with Crippen LogP contribution in [-0.2, 0) is 6.54 Å². The van der Waals surface area contributed by atoms with Crippen molar-refractivity contribution in [2.45, 2.75) is 32.7 Å². The summed E-state index contributed by atoms with van der Waals surface area (Å²) in [4.78, 5) is 17.4. The number of hydrogen-bond donors (Lipinski definition) is 0. The van der Waals surface area contributed by atoms with Crippen molar-refractivity contribution in [2.24, 2.45) is 0 Å². The van der Waals surface area contributed by atoms with E-state index in [0.717, 1.165) is 52.0 Å². The smallest absolute Gasteiger partial charge is 0.254 e. The predicted molar refractivity (Wildman–Crippen MR) is 116 cm³/mol. The molecule has 5 nitrogen and oxygen atoms in total. The van der Waals surface area contributed by atoms with Crippen LogP contribution in [-0.4, -0.2) is 55.6 Å². The number of rotatable bonds is 8. The molecule has 0 unspecified atom stereocenters. The summed E-state index contributed by atoms with van der Waals surface area (Å²) in [5, 5.41) is 0. The van der Waals surface area contributed by atoms with Gasteiger partial charge in [-0.3, -0.25) is 9.69 Å². The maximum atomic E-state index is 13.1. The van der Waals surface area contributed by atoms with Crippen LogP contribution in [0, 0.1) is 0 Å². The highest BCUT2D eigenvalue weighted by Crippen LogP contribution is 2.29. The molecule has 156 valence electrons. The van der Waals surface area contributed by atoms with Crippen LogP contribution in [0.4, 0.5) is 0 Å². The Bertz CT molecular complexity index is 779. The zero-order valence-corrected chi connectivity index (χ0v) is 17.6. The summed E-state index contributed by atoms with van der Waals surface area (Å²) in [7, 11) is 1.61. The summed E-state index contributed by atoms with van der Waals surface area (Å²) in [6, 6.07) is 16.0. The van der Waals surface area contributed by atoms with Gasteiger partial charge in [0.2, 0.25) is 0 Å². The Morgan fingerprint density at radius 2 is 1.83 bits per heavy atom. The fraction of sp³-hybridized carbons (Fsp3) is 0.458. The molecule has 0 spiro atoms. The topological polar surface area (TPSA) is 42.0 Å². The van der Waals surface area contributed by atoms with Crippen LogP contribution >= 0.6 is 0 Å². The molecule has 29 heavy (non-hydrogen) atoms. The SMILES string of the molecule is CCCCOc1ccc(C(=O)N2CCCN(Cc3ccccc3)CC2)cc1OC. The third kappa shape index (κ3) is 5.97. The molecule has 1 aliphatic rings. The summed E-state index contributed by atoms with van der Waals surface area (Å²) < 4.78 is 11.2. The lowest BCUT2D eigenvalue weighted by atomic mass is 10.1. The molecule has 2 aromatic carbocycles. The van der Waals surface area contributed by atoms with Crippen LogP contribution in [0.25, 0.3) is 0 Å². The van der Waals surface area contributed by atoms with E-state index in [4.69, 9.17) is 9.47 Å². The quantitative estimate of drug-likeness (QED) is 0.627. The lowest BCUT2D eigenvalue weighted by molar-refractivity contribution is 0.0760. The monoisotopic (exact) mass is 396 g/mol. The standard InChI is InChI=1S/C24H32N2O3/c1-3-4-17-29-22-12-11-21(18-23(22)28-2)24(27)26-14-8-13-25(15-16-26)19-20-9-6-5-7-10-20/h5-7,9-12,18H,3-4,8,13-17,19H2,1-2H3. The van der Waals surface area contributed by atoms with E-state index in [1.165, 1.54) is 5.56 Å². The van der Waals surface area contributed by atoms with Crippen molar-refractivity contribution < 1.29 is 14.3 Å². The van der Waals surface area contributed by atoms with Gasteiger partial charge in [-0.1, -0.05) is 43.7 Å². The lowest BCUT2D eigenvalue weighted by Gasteiger charge is -2.22. The molecule has 2 aromatic rings. The number of carbonyl (C=O) groups excluding carboxylic acids is 1. The second-order valence-electron chi connectivity index (χ2n) is 7.48. The van der Waals surface area contributed by atoms with Crippen LogP contribution in [0.5, 0.6) is 11.5 Å². The highest BCUT2D eigenvalue weighted by Gasteiger charge is 2.21. The van der Waals surface area contributed by atoms with Crippen molar-refractivity contribution in [1.82, 2.24) is 9.80 Å². The molecule has 0 atom stereocenters. The highest BCUT2D eigenvalue weighted by molar-refractivity contribution is 5.95. The first-order valence-electron chi connectivity index (χ1n) is 10.6. The molecule has 1 saturated heterocycles. The van der Waals surface area contributed by atoms with Crippen LogP contribution in [0.1, 0.15) is 42.1 Å². The number of hydrogen-bond acceptors (Lipinski definition) is 4. The normalized spacial score (nSPS) is 15.0. The third-order valence-corrected chi connectivity index (χ3v) is 5.29. The van der Waals surface area contributed by atoms with Crippen molar-refractivity contribution >= 4 is 5.91 Å². The van der Waals surface area contributed by atoms with Gasteiger partial charge < -0.3 is 14.4 Å². The number of unbranched alkanes of at least 4 members (excludes halogenated alkanes) is 1. The number of amides is 1. The minimum Gasteiger partial charge on any atom is -0.493 e. The summed E-state index contributed by atoms with van der Waals surface area (Å²) in [6.07, 6.45) is 3.06. The fourth-order valence-corrected chi connectivity index (χ4v) is 3.60. The van der Waals surface area contributed by atoms with Gasteiger partial charge in [0, 0.05) is 38.3 Å². The zero-order chi connectivity index (χ0) is 20.5. The molecule has 0 saturated carbocycles. The maximum absolute atomic E-state index is 13.1. The molecule has 5 heteroatoms. The Morgan fingerprint density at radius 3 is 2.59 bits per heavy atom. The van der Waals surface area contributed by atoms with E-state index in [-0.39, 0.29) is 5.91 Å². The first-order chi connectivity index (χ1) is 14.2. The van der Waals surface area contributed by atoms with Crippen molar-refractivity contribution in [3.8, 4) is 11.5 Å². The van der Waals surface area contributed by atoms with E-state index >= 15 is 0 Å². The molecule has 0 radical (unpaired) electrons. The summed E-state index contributed by atoms with van der Waals surface area (Å²) in [5.41, 5.74) is 1.97. The summed E-state index contributed by atoms with van der Waals surface area (Å²) >= 11 is 0. The Labute approximate surface area is 174 Å². The van der Waals surface area contributed by atoms with Crippen molar-refractivity contribution in [3.05, 3.63) is 59.7 Å². The highest BCUT2D eigenvalue weighted by atomic mass is 16.5. The summed E-state index contributed by atoms with van der Waals surface area (Å²) in [5.74, 6) is 1.37. The van der Waals surface area contributed by atoms with E-state index in [2.05, 4.69) is 36.1 Å². The van der Waals surface area contributed by atoms with Crippen molar-refractivity contribution in [1.29, 1.82) is 0 Å². The van der Waals surface area contributed by atoms with Crippen LogP contribution in [0.2, 0.25) is 0 Å². The first-order valence-corrected chi connectivity index (χ1v) is 10.6. The molecule has 0 N–H and O–H groups in total. The molecule has 0 bridgehead atoms. The van der Waals surface area contributed by atoms with Crippen molar-refractivity contribution in [3.63, 3.8) is 0 Å². The van der Waals surface area contributed by atoms with Gasteiger partial charge in [0.1, 0.15) is 0 Å². The maximum Gasteiger partial charge on any atom is 0.254 e. The van der Waals surface area contributed by atoms with E-state index < -0.39 is 0 Å². The van der Waals surface area contributed by atoms with Gasteiger partial charge in [0.05, 0.1) is 13.7 Å². The molecule has 0 aliphatic carbocycles. The molecule has 1 amide bonds. The average Bonchev–Trinajstić information content (AvgIpc) is 3.00. The Hall–Kier alpha value is -2.53. The van der Waals surface area contributed by atoms with Crippen molar-refractivity contribution in [2.75, 3.05) is 39.9 Å². The van der Waals surface area contributed by atoms with Gasteiger partial charge >= 0.3 is 0 Å². The minimum atomic E-state index is 0.0602. The molecule has 1 fully saturated rings. The third-order valence-electron chi connectivity index (χ3n) is 5.29. The Kier molecular flexibility index (Phi) is 7.94. The number of benzene rings is 2. The first kappa shape index (κ1) is 21.2. The van der Waals surface area contributed by atoms with E-state index in [9.17, 15) is 4.79 Å². The Morgan fingerprint density at radius 1 is 1.00 bits per heavy atom. The van der Waals surface area contributed by atoms with Gasteiger partial charge in [-0.25, -0.2) is 0 Å². The fourth-order valence-electron chi connectivity index (χ4n) is 3.60. The minimum absolute atomic E-state index is 0.0602. The van der Waals surface area contributed by atoms with Gasteiger partial charge in [-0.05, 0) is 36.6 Å². The molecule has 1 aliphatic heterocycles. The predicted octanol–water partition coefficient (Wildman–Crippen LogP) is 4.22. The van der Waals surface area contributed by atoms with Crippen LogP contribution in [0.3, 0.4) is 0 Å². The molecular formula is C24H32N2O3. The van der Waals surface area contributed by atoms with E-state index in [1.54, 1.807) is 13.2 Å². The van der Waals surface area contributed by atoms with Gasteiger partial charge in [-0.2, -0.15) is 0 Å². The van der Waals surface area contributed by atoms with E-state index in [1.807, 2.05) is 23.1 Å². The van der Waals surface area contributed by atoms with Gasteiger partial charge in [0.15, 0.2) is 11.5 Å². The molecular weight excluding hydrogens is 364 g/mol. The molecule has 0 aromatic heterocycles. The largest absolute Gasteiger partial charge is 0.493 e. The summed E-state index contributed by atoms with van der Waals surface area (Å²) in [6.45, 7) is 7.13. The zero-order valence-electron chi connectivity index (χ0n) is 17.6. The Balaban J connectivity index is 1.61. The van der Waals surface area contributed by atoms with Crippen LogP contribution < -0.4 is 9.47 Å². The van der Waals surface area contributed by atoms with Gasteiger partial charge in [0.25, 0.3) is 5.91 Å². The van der Waals surface area contributed by atoms with Crippen LogP contribution in [0.15, 0.2) is 48.5 Å². The number of methoxy groups -OCH3 is 1. The second-order valence-corrected chi connectivity index (χ2v) is 7.48. The molecule has 3 rings (SSSR count).